The van der Waals surface area contributed by atoms with Crippen molar-refractivity contribution in [1.82, 2.24) is 20.3 Å². The third-order valence-electron chi connectivity index (χ3n) is 3.18. The number of rotatable bonds is 7. The predicted octanol–water partition coefficient (Wildman–Crippen LogP) is 1.56. The molecule has 2 rings (SSSR count). The Bertz CT molecular complexity index is 728. The maximum Gasteiger partial charge on any atom is 0.345 e. The number of carbonyl (C=O) groups excluding carboxylic acids is 1. The minimum Gasteiger partial charge on any atom is -0.487 e. The van der Waals surface area contributed by atoms with Crippen LogP contribution in [0.2, 0.25) is 0 Å². The first-order valence-electron chi connectivity index (χ1n) is 7.89. The first-order valence-corrected chi connectivity index (χ1v) is 7.89. The second kappa shape index (κ2) is 8.24. The molecule has 1 atom stereocenters. The van der Waals surface area contributed by atoms with Gasteiger partial charge in [0.1, 0.15) is 17.5 Å². The van der Waals surface area contributed by atoms with Gasteiger partial charge in [-0.3, -0.25) is 9.78 Å². The Morgan fingerprint density at radius 2 is 2.17 bits per heavy atom. The van der Waals surface area contributed by atoms with E-state index in [4.69, 9.17) is 4.74 Å². The van der Waals surface area contributed by atoms with E-state index >= 15 is 0 Å². The Hall–Kier alpha value is -2.70. The first-order chi connectivity index (χ1) is 11.4. The Morgan fingerprint density at radius 1 is 1.38 bits per heavy atom. The Labute approximate surface area is 140 Å². The number of nitrogens with one attached hydrogen (secondary N) is 2. The van der Waals surface area contributed by atoms with Crippen molar-refractivity contribution in [3.63, 3.8) is 0 Å². The number of hydrogen-bond donors (Lipinski definition) is 2. The molecule has 0 saturated carbocycles. The number of nitrogens with zero attached hydrogens (tertiary/aromatic N) is 2. The molecule has 2 aromatic rings. The predicted molar refractivity (Wildman–Crippen MR) is 90.1 cm³/mol. The minimum atomic E-state index is -0.516. The third kappa shape index (κ3) is 5.49. The summed E-state index contributed by atoms with van der Waals surface area (Å²) in [4.78, 5) is 34.1. The largest absolute Gasteiger partial charge is 0.487 e. The van der Waals surface area contributed by atoms with Crippen molar-refractivity contribution in [3.8, 4) is 5.75 Å². The topological polar surface area (TPSA) is 97.0 Å². The summed E-state index contributed by atoms with van der Waals surface area (Å²) >= 11 is 0. The normalized spacial score (nSPS) is 12.0. The Balaban J connectivity index is 1.94. The van der Waals surface area contributed by atoms with Gasteiger partial charge < -0.3 is 15.0 Å². The molecule has 0 radical (unpaired) electrons. The number of ether oxygens (including phenoxy) is 1. The molecule has 7 nitrogen and oxygen atoms in total. The highest BCUT2D eigenvalue weighted by Gasteiger charge is 2.13. The summed E-state index contributed by atoms with van der Waals surface area (Å²) in [5.74, 6) is 0.604. The van der Waals surface area contributed by atoms with Crippen molar-refractivity contribution in [2.45, 2.75) is 33.3 Å². The smallest absolute Gasteiger partial charge is 0.345 e. The minimum absolute atomic E-state index is 0.114. The van der Waals surface area contributed by atoms with E-state index < -0.39 is 11.6 Å². The highest BCUT2D eigenvalue weighted by molar-refractivity contribution is 5.92. The number of aromatic nitrogens is 3. The molecule has 0 fully saturated rings. The fourth-order valence-electron chi connectivity index (χ4n) is 2.19. The van der Waals surface area contributed by atoms with E-state index in [9.17, 15) is 9.59 Å². The zero-order valence-electron chi connectivity index (χ0n) is 14.1. The summed E-state index contributed by atoms with van der Waals surface area (Å²) in [6, 6.07) is 5.18. The molecule has 1 unspecified atom stereocenters. The van der Waals surface area contributed by atoms with Gasteiger partial charge in [-0.15, -0.1) is 0 Å². The van der Waals surface area contributed by atoms with E-state index in [2.05, 4.69) is 20.3 Å². The molecule has 128 valence electrons. The van der Waals surface area contributed by atoms with Gasteiger partial charge in [-0.05, 0) is 37.5 Å². The monoisotopic (exact) mass is 330 g/mol. The molecular weight excluding hydrogens is 308 g/mol. The van der Waals surface area contributed by atoms with Crippen LogP contribution in [0.25, 0.3) is 0 Å². The van der Waals surface area contributed by atoms with E-state index in [0.29, 0.717) is 30.3 Å². The number of aromatic amines is 1. The fraction of sp³-hybridized carbons (Fsp3) is 0.412. The zero-order valence-corrected chi connectivity index (χ0v) is 14.1. The molecule has 0 aliphatic carbocycles. The molecule has 0 saturated heterocycles. The highest BCUT2D eigenvalue weighted by atomic mass is 16.5. The highest BCUT2D eigenvalue weighted by Crippen LogP contribution is 2.09. The summed E-state index contributed by atoms with van der Waals surface area (Å²) in [7, 11) is 0. The lowest BCUT2D eigenvalue weighted by Gasteiger charge is -2.15. The summed E-state index contributed by atoms with van der Waals surface area (Å²) in [5, 5.41) is 2.73. The number of H-pyrrole nitrogens is 1. The van der Waals surface area contributed by atoms with Crippen LogP contribution in [0.3, 0.4) is 0 Å². The van der Waals surface area contributed by atoms with Crippen LogP contribution < -0.4 is 15.7 Å². The zero-order chi connectivity index (χ0) is 17.5. The van der Waals surface area contributed by atoms with Crippen LogP contribution in [0.15, 0.2) is 35.4 Å². The van der Waals surface area contributed by atoms with Gasteiger partial charge >= 0.3 is 5.69 Å². The SMILES string of the molecule is CC(C)Cc1cc(C(=O)NCC(C)Oc2cccnc2)nc(=O)[nH]1. The van der Waals surface area contributed by atoms with Crippen molar-refractivity contribution >= 4 is 5.91 Å². The van der Waals surface area contributed by atoms with Gasteiger partial charge in [0.25, 0.3) is 5.91 Å². The molecule has 2 heterocycles. The van der Waals surface area contributed by atoms with Gasteiger partial charge in [-0.1, -0.05) is 13.8 Å². The van der Waals surface area contributed by atoms with Crippen LogP contribution in [0.4, 0.5) is 0 Å². The third-order valence-corrected chi connectivity index (χ3v) is 3.18. The van der Waals surface area contributed by atoms with E-state index in [1.807, 2.05) is 20.8 Å². The molecule has 0 aliphatic heterocycles. The van der Waals surface area contributed by atoms with Gasteiger partial charge in [0.05, 0.1) is 12.7 Å². The van der Waals surface area contributed by atoms with Gasteiger partial charge in [0.15, 0.2) is 0 Å². The summed E-state index contributed by atoms with van der Waals surface area (Å²) in [6.45, 7) is 6.20. The second-order valence-corrected chi connectivity index (χ2v) is 6.02. The van der Waals surface area contributed by atoms with Crippen LogP contribution in [0, 0.1) is 5.92 Å². The van der Waals surface area contributed by atoms with Crippen molar-refractivity contribution in [3.05, 3.63) is 52.5 Å². The number of pyridine rings is 1. The molecular formula is C17H22N4O3. The lowest BCUT2D eigenvalue weighted by molar-refractivity contribution is 0.0926. The second-order valence-electron chi connectivity index (χ2n) is 6.02. The molecule has 1 amide bonds. The Morgan fingerprint density at radius 3 is 2.83 bits per heavy atom. The number of amides is 1. The summed E-state index contributed by atoms with van der Waals surface area (Å²) < 4.78 is 5.64. The van der Waals surface area contributed by atoms with Gasteiger partial charge in [0.2, 0.25) is 0 Å². The van der Waals surface area contributed by atoms with Crippen molar-refractivity contribution in [1.29, 1.82) is 0 Å². The molecule has 0 aromatic carbocycles. The van der Waals surface area contributed by atoms with Crippen LogP contribution in [-0.4, -0.2) is 33.5 Å². The average molecular weight is 330 g/mol. The average Bonchev–Trinajstić information content (AvgIpc) is 2.52. The number of hydrogen-bond acceptors (Lipinski definition) is 5. The molecule has 2 N–H and O–H groups in total. The fourth-order valence-corrected chi connectivity index (χ4v) is 2.19. The standard InChI is InChI=1S/C17H22N4O3/c1-11(2)7-13-8-15(21-17(23)20-13)16(22)19-9-12(3)24-14-5-4-6-18-10-14/h4-6,8,10-12H,7,9H2,1-3H3,(H,19,22)(H,20,21,23). The maximum atomic E-state index is 12.2. The van der Waals surface area contributed by atoms with Gasteiger partial charge in [-0.2, -0.15) is 4.98 Å². The molecule has 0 bridgehead atoms. The van der Waals surface area contributed by atoms with Crippen molar-refractivity contribution in [2.75, 3.05) is 6.54 Å². The molecule has 24 heavy (non-hydrogen) atoms. The van der Waals surface area contributed by atoms with Crippen molar-refractivity contribution in [2.24, 2.45) is 5.92 Å². The maximum absolute atomic E-state index is 12.2. The Kier molecular flexibility index (Phi) is 6.06. The van der Waals surface area contributed by atoms with E-state index in [1.54, 1.807) is 30.6 Å². The lowest BCUT2D eigenvalue weighted by atomic mass is 10.1. The van der Waals surface area contributed by atoms with E-state index in [1.165, 1.54) is 0 Å². The lowest BCUT2D eigenvalue weighted by Crippen LogP contribution is -2.35. The summed E-state index contributed by atoms with van der Waals surface area (Å²) in [6.07, 6.45) is 3.70. The van der Waals surface area contributed by atoms with Crippen LogP contribution in [-0.2, 0) is 6.42 Å². The summed E-state index contributed by atoms with van der Waals surface area (Å²) in [5.41, 5.74) is 0.302. The van der Waals surface area contributed by atoms with Crippen molar-refractivity contribution < 1.29 is 9.53 Å². The van der Waals surface area contributed by atoms with Crippen LogP contribution in [0.1, 0.15) is 37.0 Å². The van der Waals surface area contributed by atoms with E-state index in [-0.39, 0.29) is 11.8 Å². The number of carbonyl (C=O) groups is 1. The molecule has 7 heteroatoms. The quantitative estimate of drug-likeness (QED) is 0.803. The van der Waals surface area contributed by atoms with Gasteiger partial charge in [0, 0.05) is 11.9 Å². The van der Waals surface area contributed by atoms with Gasteiger partial charge in [-0.25, -0.2) is 4.79 Å². The molecule has 2 aromatic heterocycles. The van der Waals surface area contributed by atoms with Crippen LogP contribution >= 0.6 is 0 Å². The first kappa shape index (κ1) is 17.7. The molecule has 0 aliphatic rings. The molecule has 0 spiro atoms. The van der Waals surface area contributed by atoms with E-state index in [0.717, 1.165) is 0 Å². The van der Waals surface area contributed by atoms with Crippen LogP contribution in [0.5, 0.6) is 5.75 Å².